The number of fused-ring (bicyclic) bond motifs is 5. The van der Waals surface area contributed by atoms with Gasteiger partial charge in [0, 0.05) is 5.92 Å². The Bertz CT molecular complexity index is 741. The quantitative estimate of drug-likeness (QED) is 0.495. The Hall–Kier alpha value is -0.640. The normalized spacial score (nSPS) is 46.5. The summed E-state index contributed by atoms with van der Waals surface area (Å²) in [7, 11) is 0. The van der Waals surface area contributed by atoms with E-state index < -0.39 is 11.7 Å². The number of aliphatic hydroxyl groups is 3. The topological polar surface area (TPSA) is 60.7 Å². The van der Waals surface area contributed by atoms with E-state index in [1.165, 1.54) is 5.57 Å². The van der Waals surface area contributed by atoms with Gasteiger partial charge in [-0.3, -0.25) is 0 Å². The minimum atomic E-state index is -0.813. The van der Waals surface area contributed by atoms with Crippen LogP contribution in [0.4, 0.5) is 0 Å². The van der Waals surface area contributed by atoms with Crippen LogP contribution in [0.5, 0.6) is 0 Å². The average molecular weight is 431 g/mol. The molecule has 0 unspecified atom stereocenters. The summed E-state index contributed by atoms with van der Waals surface area (Å²) in [5.41, 5.74) is 1.85. The van der Waals surface area contributed by atoms with E-state index in [1.807, 2.05) is 0 Å². The van der Waals surface area contributed by atoms with Crippen molar-refractivity contribution < 1.29 is 15.3 Å². The summed E-state index contributed by atoms with van der Waals surface area (Å²) in [6, 6.07) is 0. The molecule has 0 heterocycles. The fourth-order valence-corrected chi connectivity index (χ4v) is 8.44. The van der Waals surface area contributed by atoms with E-state index in [-0.39, 0.29) is 22.9 Å². The highest BCUT2D eigenvalue weighted by Gasteiger charge is 2.65. The molecule has 31 heavy (non-hydrogen) atoms. The fraction of sp³-hybridized carbons (Fsp3) is 0.857. The molecule has 0 radical (unpaired) electrons. The van der Waals surface area contributed by atoms with Gasteiger partial charge in [0.2, 0.25) is 0 Å². The number of allylic oxidation sites excluding steroid dienone is 1. The first-order valence-electron chi connectivity index (χ1n) is 12.9. The smallest absolute Gasteiger partial charge is 0.0754 e. The zero-order valence-corrected chi connectivity index (χ0v) is 20.5. The number of rotatable bonds is 5. The maximum absolute atomic E-state index is 12.1. The van der Waals surface area contributed by atoms with Gasteiger partial charge in [-0.2, -0.15) is 0 Å². The predicted molar refractivity (Wildman–Crippen MR) is 126 cm³/mol. The SMILES string of the molecule is C=C(C[C@H](O)[C@@H](C)[C@@]1(O)CC[C@H]2[C@@H]3CC=C4C[C@@H](O)CC[C@]4(C)[C@H]3CC[C@@]21C)C(C)C. The Labute approximate surface area is 190 Å². The van der Waals surface area contributed by atoms with Gasteiger partial charge in [-0.05, 0) is 92.3 Å². The van der Waals surface area contributed by atoms with Crippen molar-refractivity contribution in [3.05, 3.63) is 23.8 Å². The predicted octanol–water partition coefficient (Wildman–Crippen LogP) is 5.64. The Morgan fingerprint density at radius 1 is 1.10 bits per heavy atom. The van der Waals surface area contributed by atoms with Crippen LogP contribution in [0, 0.1) is 40.4 Å². The molecule has 176 valence electrons. The van der Waals surface area contributed by atoms with Gasteiger partial charge in [-0.1, -0.05) is 58.4 Å². The van der Waals surface area contributed by atoms with Crippen molar-refractivity contribution in [1.82, 2.24) is 0 Å². The maximum atomic E-state index is 12.1. The third kappa shape index (κ3) is 3.49. The lowest BCUT2D eigenvalue weighted by molar-refractivity contribution is -0.167. The van der Waals surface area contributed by atoms with Crippen molar-refractivity contribution in [1.29, 1.82) is 0 Å². The minimum Gasteiger partial charge on any atom is -0.393 e. The molecule has 0 bridgehead atoms. The second-order valence-corrected chi connectivity index (χ2v) is 12.4. The van der Waals surface area contributed by atoms with E-state index in [0.717, 1.165) is 56.9 Å². The van der Waals surface area contributed by atoms with Crippen LogP contribution < -0.4 is 0 Å². The lowest BCUT2D eigenvalue weighted by Crippen LogP contribution is -2.58. The molecule has 3 nitrogen and oxygen atoms in total. The van der Waals surface area contributed by atoms with Crippen LogP contribution in [0.3, 0.4) is 0 Å². The van der Waals surface area contributed by atoms with Gasteiger partial charge in [0.1, 0.15) is 0 Å². The first-order valence-corrected chi connectivity index (χ1v) is 12.9. The molecule has 0 saturated heterocycles. The van der Waals surface area contributed by atoms with Crippen LogP contribution in [0.2, 0.25) is 0 Å². The number of hydrogen-bond donors (Lipinski definition) is 3. The van der Waals surface area contributed by atoms with E-state index >= 15 is 0 Å². The molecular formula is C28H46O3. The summed E-state index contributed by atoms with van der Waals surface area (Å²) in [5.74, 6) is 2.01. The van der Waals surface area contributed by atoms with E-state index in [2.05, 4.69) is 47.3 Å². The van der Waals surface area contributed by atoms with Crippen LogP contribution >= 0.6 is 0 Å². The molecule has 0 amide bonds. The molecule has 4 aliphatic rings. The largest absolute Gasteiger partial charge is 0.393 e. The van der Waals surface area contributed by atoms with E-state index in [9.17, 15) is 15.3 Å². The highest BCUT2D eigenvalue weighted by atomic mass is 16.3. The summed E-state index contributed by atoms with van der Waals surface area (Å²) >= 11 is 0. The van der Waals surface area contributed by atoms with Gasteiger partial charge in [0.15, 0.2) is 0 Å². The molecule has 3 N–H and O–H groups in total. The summed E-state index contributed by atoms with van der Waals surface area (Å²) in [6.45, 7) is 15.3. The van der Waals surface area contributed by atoms with Gasteiger partial charge in [0.05, 0.1) is 17.8 Å². The number of aliphatic hydroxyl groups excluding tert-OH is 2. The molecule has 0 aliphatic heterocycles. The van der Waals surface area contributed by atoms with Crippen LogP contribution in [0.25, 0.3) is 0 Å². The van der Waals surface area contributed by atoms with Crippen molar-refractivity contribution in [2.75, 3.05) is 0 Å². The molecular weight excluding hydrogens is 384 g/mol. The summed E-state index contributed by atoms with van der Waals surface area (Å²) in [4.78, 5) is 0. The van der Waals surface area contributed by atoms with E-state index in [1.54, 1.807) is 0 Å². The van der Waals surface area contributed by atoms with Gasteiger partial charge in [0.25, 0.3) is 0 Å². The third-order valence-corrected chi connectivity index (χ3v) is 10.9. The van der Waals surface area contributed by atoms with Gasteiger partial charge < -0.3 is 15.3 Å². The van der Waals surface area contributed by atoms with Crippen molar-refractivity contribution in [3.8, 4) is 0 Å². The Morgan fingerprint density at radius 2 is 1.77 bits per heavy atom. The first kappa shape index (κ1) is 23.5. The summed E-state index contributed by atoms with van der Waals surface area (Å²) < 4.78 is 0. The fourth-order valence-electron chi connectivity index (χ4n) is 8.44. The minimum absolute atomic E-state index is 0.135. The molecule has 0 aromatic carbocycles. The molecule has 3 heteroatoms. The third-order valence-electron chi connectivity index (χ3n) is 10.9. The molecule has 3 saturated carbocycles. The second kappa shape index (κ2) is 7.99. The van der Waals surface area contributed by atoms with Gasteiger partial charge in [-0.25, -0.2) is 0 Å². The molecule has 4 aliphatic carbocycles. The van der Waals surface area contributed by atoms with Crippen LogP contribution in [0.1, 0.15) is 92.4 Å². The first-order chi connectivity index (χ1) is 14.4. The van der Waals surface area contributed by atoms with Crippen molar-refractivity contribution in [2.45, 2.75) is 110 Å². The molecule has 0 aromatic rings. The summed E-state index contributed by atoms with van der Waals surface area (Å²) in [6.07, 6.45) is 10.4. The summed E-state index contributed by atoms with van der Waals surface area (Å²) in [5, 5.41) is 33.4. The maximum Gasteiger partial charge on any atom is 0.0754 e. The van der Waals surface area contributed by atoms with Gasteiger partial charge in [-0.15, -0.1) is 0 Å². The molecule has 9 atom stereocenters. The molecule has 0 spiro atoms. The van der Waals surface area contributed by atoms with Crippen molar-refractivity contribution >= 4 is 0 Å². The Balaban J connectivity index is 1.57. The standard InChI is InChI=1S/C28H46O3/c1-17(2)18(3)15-25(30)19(4)28(31)14-11-24-22-8-7-20-16-21(29)9-12-26(20,5)23(22)10-13-27(24,28)6/h7,17,19,21-25,29-31H,3,8-16H2,1-2,4-6H3/t19-,21+,22-,23+,24+,25+,26+,27+,28+/m1/s1. The average Bonchev–Trinajstić information content (AvgIpc) is 2.99. The van der Waals surface area contributed by atoms with Crippen molar-refractivity contribution in [2.24, 2.45) is 40.4 Å². The molecule has 0 aromatic heterocycles. The lowest BCUT2D eigenvalue weighted by atomic mass is 9.46. The Morgan fingerprint density at radius 3 is 2.45 bits per heavy atom. The van der Waals surface area contributed by atoms with Crippen LogP contribution in [0.15, 0.2) is 23.8 Å². The number of hydrogen-bond acceptors (Lipinski definition) is 3. The van der Waals surface area contributed by atoms with E-state index in [0.29, 0.717) is 30.1 Å². The van der Waals surface area contributed by atoms with E-state index in [4.69, 9.17) is 0 Å². The zero-order valence-electron chi connectivity index (χ0n) is 20.5. The highest BCUT2D eigenvalue weighted by molar-refractivity contribution is 5.26. The zero-order chi connectivity index (χ0) is 22.8. The molecule has 3 fully saturated rings. The Kier molecular flexibility index (Phi) is 6.06. The van der Waals surface area contributed by atoms with Crippen LogP contribution in [-0.2, 0) is 0 Å². The monoisotopic (exact) mass is 430 g/mol. The molecule has 4 rings (SSSR count). The highest BCUT2D eigenvalue weighted by Crippen LogP contribution is 2.68. The lowest BCUT2D eigenvalue weighted by Gasteiger charge is -2.60. The van der Waals surface area contributed by atoms with Gasteiger partial charge >= 0.3 is 0 Å². The van der Waals surface area contributed by atoms with Crippen molar-refractivity contribution in [3.63, 3.8) is 0 Å². The second-order valence-electron chi connectivity index (χ2n) is 12.4. The van der Waals surface area contributed by atoms with Crippen LogP contribution in [-0.4, -0.2) is 33.1 Å².